The van der Waals surface area contributed by atoms with Crippen molar-refractivity contribution in [3.8, 4) is 0 Å². The summed E-state index contributed by atoms with van der Waals surface area (Å²) in [6, 6.07) is 30.2. The molecule has 52 heavy (non-hydrogen) atoms. The van der Waals surface area contributed by atoms with E-state index in [1.807, 2.05) is 60.7 Å². The topological polar surface area (TPSA) is 0 Å². The minimum absolute atomic E-state index is 0. The molecule has 0 amide bonds. The van der Waals surface area contributed by atoms with Gasteiger partial charge in [-0.2, -0.15) is 77.9 Å². The van der Waals surface area contributed by atoms with Crippen LogP contribution in [-0.4, -0.2) is 4.21 Å². The van der Waals surface area contributed by atoms with E-state index in [1.54, 1.807) is 28.2 Å². The molecule has 5 aliphatic carbocycles. The molecule has 0 spiro atoms. The molecule has 8 rings (SSSR count). The van der Waals surface area contributed by atoms with Crippen molar-refractivity contribution in [2.75, 3.05) is 0 Å². The second-order valence-corrected chi connectivity index (χ2v) is 17.0. The van der Waals surface area contributed by atoms with Gasteiger partial charge >= 0.3 is 28.4 Å². The molecule has 0 aliphatic heterocycles. The van der Waals surface area contributed by atoms with Gasteiger partial charge in [0.2, 0.25) is 0 Å². The van der Waals surface area contributed by atoms with Crippen LogP contribution in [0.1, 0.15) is 85.8 Å². The van der Waals surface area contributed by atoms with Crippen molar-refractivity contribution in [2.24, 2.45) is 27.6 Å². The standard InChI is InChI=1S/C29H37.2C6H4Br.C5H5.CH2.2ClH.Zr/c1-18-25-22-17-19-13-9-10-14-20(19)24(22)21-15-11-12-16-23(21)29(25,8)28(6,7)27(4,5)26(18,2)3;2*7-6-4-2-1-3-5-6;1-2-4-5-3-1;;;;/h9-11,13-15,23H,12,16-17H2,1-8H3;2*2-5H;1-3H,4H2;1H2;2*1H;/q4*-1;;;;. The van der Waals surface area contributed by atoms with Crippen molar-refractivity contribution in [3.63, 3.8) is 0 Å². The van der Waals surface area contributed by atoms with Gasteiger partial charge in [0.1, 0.15) is 0 Å². The van der Waals surface area contributed by atoms with E-state index in [1.165, 1.54) is 48.2 Å². The first-order chi connectivity index (χ1) is 23.8. The van der Waals surface area contributed by atoms with Gasteiger partial charge in [0.15, 0.2) is 0 Å². The van der Waals surface area contributed by atoms with Gasteiger partial charge in [-0.25, -0.2) is 18.1 Å². The number of benzene rings is 3. The molecule has 0 radical (unpaired) electrons. The Bertz CT molecular complexity index is 1720. The second-order valence-electron chi connectivity index (χ2n) is 15.2. The zero-order valence-corrected chi connectivity index (χ0v) is 39.3. The van der Waals surface area contributed by atoms with Crippen LogP contribution in [0.3, 0.4) is 0 Å². The molecule has 0 bridgehead atoms. The molecule has 5 heteroatoms. The number of rotatable bonds is 0. The molecule has 0 saturated heterocycles. The van der Waals surface area contributed by atoms with Crippen LogP contribution in [0.4, 0.5) is 0 Å². The van der Waals surface area contributed by atoms with Gasteiger partial charge in [-0.1, -0.05) is 154 Å². The van der Waals surface area contributed by atoms with Gasteiger partial charge in [0, 0.05) is 0 Å². The van der Waals surface area contributed by atoms with Crippen molar-refractivity contribution in [1.82, 2.24) is 0 Å². The maximum atomic E-state index is 3.34. The predicted molar refractivity (Wildman–Crippen MR) is 233 cm³/mol. The van der Waals surface area contributed by atoms with Crippen LogP contribution in [0.5, 0.6) is 0 Å². The first-order valence-electron chi connectivity index (χ1n) is 17.6. The number of hydrogen-bond donors (Lipinski definition) is 0. The van der Waals surface area contributed by atoms with Crippen LogP contribution in [0.25, 0.3) is 5.57 Å². The van der Waals surface area contributed by atoms with Gasteiger partial charge in [-0.15, -0.1) is 38.2 Å². The van der Waals surface area contributed by atoms with Gasteiger partial charge in [0.25, 0.3) is 0 Å². The molecule has 278 valence electrons. The Morgan fingerprint density at radius 3 is 1.81 bits per heavy atom. The van der Waals surface area contributed by atoms with Crippen LogP contribution in [0.2, 0.25) is 0 Å². The summed E-state index contributed by atoms with van der Waals surface area (Å²) in [6.07, 6.45) is 18.5. The molecule has 0 aromatic heterocycles. The van der Waals surface area contributed by atoms with E-state index in [4.69, 9.17) is 0 Å². The molecule has 2 unspecified atom stereocenters. The van der Waals surface area contributed by atoms with Gasteiger partial charge in [-0.05, 0) is 40.6 Å². The summed E-state index contributed by atoms with van der Waals surface area (Å²) in [6.45, 7) is 20.3. The average Bonchev–Trinajstić information content (AvgIpc) is 3.82. The van der Waals surface area contributed by atoms with Crippen molar-refractivity contribution in [2.45, 2.75) is 81.1 Å². The Kier molecular flexibility index (Phi) is 17.9. The van der Waals surface area contributed by atoms with E-state index in [9.17, 15) is 0 Å². The Hall–Kier alpha value is -1.48. The molecule has 0 heterocycles. The third-order valence-corrected chi connectivity index (χ3v) is 13.8. The normalized spacial score (nSPS) is 22.6. The van der Waals surface area contributed by atoms with Crippen molar-refractivity contribution in [3.05, 3.63) is 164 Å². The van der Waals surface area contributed by atoms with Crippen molar-refractivity contribution < 1.29 is 24.2 Å². The molecule has 3 aromatic carbocycles. The average molecular weight is 941 g/mol. The van der Waals surface area contributed by atoms with E-state index in [-0.39, 0.29) is 46.5 Å². The Labute approximate surface area is 360 Å². The first kappa shape index (κ1) is 46.7. The third-order valence-electron chi connectivity index (χ3n) is 12.7. The summed E-state index contributed by atoms with van der Waals surface area (Å²) in [5.41, 5.74) is 10.3. The van der Waals surface area contributed by atoms with Crippen LogP contribution < -0.4 is 0 Å². The van der Waals surface area contributed by atoms with Crippen LogP contribution >= 0.6 is 56.7 Å². The maximum absolute atomic E-state index is 3.34. The van der Waals surface area contributed by atoms with E-state index in [2.05, 4.69) is 152 Å². The number of fused-ring (bicyclic) bond motifs is 6. The minimum atomic E-state index is 0. The second kappa shape index (κ2) is 19.9. The zero-order chi connectivity index (χ0) is 36.7. The molecule has 1 saturated carbocycles. The summed E-state index contributed by atoms with van der Waals surface area (Å²) in [5, 5.41) is 0. The Morgan fingerprint density at radius 1 is 0.788 bits per heavy atom. The molecular weight excluding hydrogens is 886 g/mol. The van der Waals surface area contributed by atoms with Gasteiger partial charge in [-0.3, -0.25) is 6.08 Å². The molecular formula is C47H54Br2Cl2Zr-4. The number of allylic oxidation sites excluding steroid dienone is 10. The fourth-order valence-corrected chi connectivity index (χ4v) is 9.17. The SMILES string of the molecule is Brc1cc[c-]cc1.Brc1cc[c-]cc1.C[C-]1C2=C3Cc4ccccc4C3=C3C=CCCC3C2(C)C(C)(C)C(C)(C)C1(C)C.Cl.Cl.[C-]1=CC=CC1.[CH2]=[Zr]. The summed E-state index contributed by atoms with van der Waals surface area (Å²) in [4.78, 5) is 0. The molecule has 0 nitrogen and oxygen atoms in total. The summed E-state index contributed by atoms with van der Waals surface area (Å²) >= 11 is 7.88. The number of hydrogen-bond acceptors (Lipinski definition) is 0. The van der Waals surface area contributed by atoms with E-state index >= 15 is 0 Å². The van der Waals surface area contributed by atoms with E-state index < -0.39 is 0 Å². The van der Waals surface area contributed by atoms with Crippen molar-refractivity contribution >= 4 is 66.5 Å². The monoisotopic (exact) mass is 936 g/mol. The molecule has 5 aliphatic rings. The van der Waals surface area contributed by atoms with Gasteiger partial charge in [0.05, 0.1) is 0 Å². The summed E-state index contributed by atoms with van der Waals surface area (Å²) in [5.74, 6) is 2.24. The fraction of sp³-hybridized carbons (Fsp3) is 0.362. The Balaban J connectivity index is 0.000000331. The van der Waals surface area contributed by atoms with Crippen molar-refractivity contribution in [1.29, 1.82) is 0 Å². The first-order valence-corrected chi connectivity index (χ1v) is 21.0. The van der Waals surface area contributed by atoms with E-state index in [0.717, 1.165) is 21.8 Å². The summed E-state index contributed by atoms with van der Waals surface area (Å²) in [7, 11) is 0. The molecule has 3 aromatic rings. The quantitative estimate of drug-likeness (QED) is 0.197. The zero-order valence-electron chi connectivity index (χ0n) is 32.0. The van der Waals surface area contributed by atoms with Crippen LogP contribution in [0, 0.1) is 51.7 Å². The van der Waals surface area contributed by atoms with Gasteiger partial charge < -0.3 is 0 Å². The molecule has 1 fully saturated rings. The van der Waals surface area contributed by atoms with Crippen LogP contribution in [-0.2, 0) is 30.7 Å². The Morgan fingerprint density at radius 2 is 1.35 bits per heavy atom. The third kappa shape index (κ3) is 8.97. The molecule has 0 N–H and O–H groups in total. The van der Waals surface area contributed by atoms with E-state index in [0.29, 0.717) is 5.92 Å². The van der Waals surface area contributed by atoms with Crippen LogP contribution in [0.15, 0.2) is 129 Å². The summed E-state index contributed by atoms with van der Waals surface area (Å²) < 4.78 is 5.55. The molecule has 2 atom stereocenters. The number of halogens is 4. The fourth-order valence-electron chi connectivity index (χ4n) is 8.64. The predicted octanol–water partition coefficient (Wildman–Crippen LogP) is 14.6.